The molecule has 0 radical (unpaired) electrons. The van der Waals surface area contributed by atoms with Gasteiger partial charge in [0.15, 0.2) is 5.96 Å². The predicted molar refractivity (Wildman–Crippen MR) is 113 cm³/mol. The average Bonchev–Trinajstić information content (AvgIpc) is 3.20. The standard InChI is InChI=1S/C19H32N4OS2/c1-3-20-18(21-16-19(25-2)6-12-24-13-7-19)23-10-8-22(9-11-23)15-17-5-4-14-26-17/h4-5,14H,3,6-13,15-16H2,1-2H3,(H,20,21). The lowest BCUT2D eigenvalue weighted by Crippen LogP contribution is -2.52. The minimum absolute atomic E-state index is 0.250. The Morgan fingerprint density at radius 2 is 2.08 bits per heavy atom. The van der Waals surface area contributed by atoms with Crippen molar-refractivity contribution in [3.05, 3.63) is 22.4 Å². The summed E-state index contributed by atoms with van der Waals surface area (Å²) in [6.45, 7) is 11.1. The Morgan fingerprint density at radius 3 is 2.69 bits per heavy atom. The first-order chi connectivity index (χ1) is 12.7. The molecule has 0 amide bonds. The third kappa shape index (κ3) is 5.38. The molecule has 2 aliphatic rings. The number of nitrogens with zero attached hydrogens (tertiary/aromatic N) is 3. The third-order valence-electron chi connectivity index (χ3n) is 5.32. The Labute approximate surface area is 166 Å². The number of hydrogen-bond acceptors (Lipinski definition) is 5. The van der Waals surface area contributed by atoms with Gasteiger partial charge in [-0.3, -0.25) is 9.89 Å². The van der Waals surface area contributed by atoms with Crippen molar-refractivity contribution in [2.45, 2.75) is 31.1 Å². The summed E-state index contributed by atoms with van der Waals surface area (Å²) in [5.74, 6) is 1.09. The van der Waals surface area contributed by atoms with Crippen molar-refractivity contribution >= 4 is 29.1 Å². The fourth-order valence-electron chi connectivity index (χ4n) is 3.56. The number of nitrogens with one attached hydrogen (secondary N) is 1. The zero-order chi connectivity index (χ0) is 18.2. The van der Waals surface area contributed by atoms with E-state index in [4.69, 9.17) is 9.73 Å². The molecular weight excluding hydrogens is 364 g/mol. The summed E-state index contributed by atoms with van der Waals surface area (Å²) in [6, 6.07) is 4.38. The highest BCUT2D eigenvalue weighted by atomic mass is 32.2. The molecule has 3 heterocycles. The minimum Gasteiger partial charge on any atom is -0.381 e. The summed E-state index contributed by atoms with van der Waals surface area (Å²) in [5, 5.41) is 5.68. The molecule has 1 aromatic rings. The Kier molecular flexibility index (Phi) is 7.66. The summed E-state index contributed by atoms with van der Waals surface area (Å²) in [4.78, 5) is 11.5. The molecule has 2 aliphatic heterocycles. The fourth-order valence-corrected chi connectivity index (χ4v) is 5.07. The monoisotopic (exact) mass is 396 g/mol. The van der Waals surface area contributed by atoms with Gasteiger partial charge in [-0.1, -0.05) is 6.07 Å². The first kappa shape index (κ1) is 20.0. The van der Waals surface area contributed by atoms with Gasteiger partial charge in [-0.05, 0) is 37.5 Å². The van der Waals surface area contributed by atoms with Crippen molar-refractivity contribution in [1.82, 2.24) is 15.1 Å². The lowest BCUT2D eigenvalue weighted by Gasteiger charge is -2.38. The largest absolute Gasteiger partial charge is 0.381 e. The van der Waals surface area contributed by atoms with E-state index in [2.05, 4.69) is 45.8 Å². The lowest BCUT2D eigenvalue weighted by atomic mass is 9.99. The van der Waals surface area contributed by atoms with Crippen molar-refractivity contribution in [3.63, 3.8) is 0 Å². The number of piperazine rings is 1. The Hall–Kier alpha value is -0.760. The van der Waals surface area contributed by atoms with E-state index in [9.17, 15) is 0 Å². The van der Waals surface area contributed by atoms with Crippen LogP contribution in [-0.2, 0) is 11.3 Å². The van der Waals surface area contributed by atoms with Gasteiger partial charge in [-0.25, -0.2) is 0 Å². The van der Waals surface area contributed by atoms with Crippen LogP contribution in [0.2, 0.25) is 0 Å². The predicted octanol–water partition coefficient (Wildman–Crippen LogP) is 2.74. The number of ether oxygens (including phenoxy) is 1. The Balaban J connectivity index is 1.55. The molecule has 0 bridgehead atoms. The van der Waals surface area contributed by atoms with Crippen molar-refractivity contribution in [1.29, 1.82) is 0 Å². The summed E-state index contributed by atoms with van der Waals surface area (Å²) in [7, 11) is 0. The summed E-state index contributed by atoms with van der Waals surface area (Å²) >= 11 is 3.82. The maximum absolute atomic E-state index is 5.56. The molecule has 7 heteroatoms. The molecular formula is C19H32N4OS2. The average molecular weight is 397 g/mol. The molecule has 1 N–H and O–H groups in total. The number of hydrogen-bond donors (Lipinski definition) is 1. The second-order valence-corrected chi connectivity index (χ2v) is 9.32. The molecule has 2 fully saturated rings. The van der Waals surface area contributed by atoms with Crippen molar-refractivity contribution in [2.75, 3.05) is 58.7 Å². The molecule has 26 heavy (non-hydrogen) atoms. The summed E-state index contributed by atoms with van der Waals surface area (Å²) in [6.07, 6.45) is 4.43. The molecule has 0 spiro atoms. The van der Waals surface area contributed by atoms with Crippen molar-refractivity contribution in [2.24, 2.45) is 4.99 Å². The fraction of sp³-hybridized carbons (Fsp3) is 0.737. The highest BCUT2D eigenvalue weighted by Crippen LogP contribution is 2.34. The molecule has 1 aromatic heterocycles. The minimum atomic E-state index is 0.250. The number of aliphatic imine (C=N–C) groups is 1. The lowest BCUT2D eigenvalue weighted by molar-refractivity contribution is 0.0793. The SMILES string of the molecule is CCNC(=NCC1(SC)CCOCC1)N1CCN(Cc2cccs2)CC1. The van der Waals surface area contributed by atoms with Gasteiger partial charge >= 0.3 is 0 Å². The van der Waals surface area contributed by atoms with Crippen molar-refractivity contribution < 1.29 is 4.74 Å². The van der Waals surface area contributed by atoms with Crippen LogP contribution in [0.1, 0.15) is 24.6 Å². The smallest absolute Gasteiger partial charge is 0.194 e. The number of thiophene rings is 1. The van der Waals surface area contributed by atoms with Gasteiger partial charge in [-0.15, -0.1) is 11.3 Å². The highest BCUT2D eigenvalue weighted by Gasteiger charge is 2.32. The van der Waals surface area contributed by atoms with E-state index in [1.165, 1.54) is 4.88 Å². The number of guanidine groups is 1. The Morgan fingerprint density at radius 1 is 1.31 bits per heavy atom. The topological polar surface area (TPSA) is 40.1 Å². The van der Waals surface area contributed by atoms with E-state index >= 15 is 0 Å². The van der Waals surface area contributed by atoms with Gasteiger partial charge in [0.05, 0.1) is 6.54 Å². The Bertz CT molecular complexity index is 550. The quantitative estimate of drug-likeness (QED) is 0.591. The highest BCUT2D eigenvalue weighted by molar-refractivity contribution is 8.00. The second kappa shape index (κ2) is 9.97. The van der Waals surface area contributed by atoms with E-state index in [-0.39, 0.29) is 4.75 Å². The van der Waals surface area contributed by atoms with Crippen LogP contribution in [0.4, 0.5) is 0 Å². The molecule has 2 saturated heterocycles. The second-order valence-electron chi connectivity index (χ2n) is 7.01. The molecule has 146 valence electrons. The van der Waals surface area contributed by atoms with Crippen LogP contribution in [0, 0.1) is 0 Å². The van der Waals surface area contributed by atoms with E-state index < -0.39 is 0 Å². The van der Waals surface area contributed by atoms with E-state index in [0.717, 1.165) is 77.8 Å². The van der Waals surface area contributed by atoms with Crippen LogP contribution < -0.4 is 5.32 Å². The molecule has 5 nitrogen and oxygen atoms in total. The van der Waals surface area contributed by atoms with E-state index in [1.54, 1.807) is 0 Å². The van der Waals surface area contributed by atoms with Crippen LogP contribution in [0.5, 0.6) is 0 Å². The normalized spacial score (nSPS) is 21.8. The van der Waals surface area contributed by atoms with E-state index in [0.29, 0.717) is 0 Å². The van der Waals surface area contributed by atoms with Gasteiger partial charge in [0.1, 0.15) is 0 Å². The molecule has 0 aliphatic carbocycles. The van der Waals surface area contributed by atoms with Crippen LogP contribution in [0.15, 0.2) is 22.5 Å². The van der Waals surface area contributed by atoms with Gasteiger partial charge < -0.3 is 15.0 Å². The van der Waals surface area contributed by atoms with Crippen LogP contribution >= 0.6 is 23.1 Å². The number of thioether (sulfide) groups is 1. The van der Waals surface area contributed by atoms with E-state index in [1.807, 2.05) is 23.1 Å². The maximum Gasteiger partial charge on any atom is 0.194 e. The van der Waals surface area contributed by atoms with Crippen LogP contribution in [0.25, 0.3) is 0 Å². The first-order valence-corrected chi connectivity index (χ1v) is 11.8. The van der Waals surface area contributed by atoms with Gasteiger partial charge in [0.2, 0.25) is 0 Å². The third-order valence-corrected chi connectivity index (χ3v) is 7.58. The van der Waals surface area contributed by atoms with Gasteiger partial charge in [0, 0.05) is 62.1 Å². The number of rotatable bonds is 6. The molecule has 3 rings (SSSR count). The summed E-state index contributed by atoms with van der Waals surface area (Å²) < 4.78 is 5.81. The first-order valence-electron chi connectivity index (χ1n) is 9.65. The zero-order valence-electron chi connectivity index (χ0n) is 16.1. The molecule has 0 aromatic carbocycles. The van der Waals surface area contributed by atoms with Gasteiger partial charge in [-0.2, -0.15) is 11.8 Å². The van der Waals surface area contributed by atoms with Crippen molar-refractivity contribution in [3.8, 4) is 0 Å². The van der Waals surface area contributed by atoms with Gasteiger partial charge in [0.25, 0.3) is 0 Å². The maximum atomic E-state index is 5.56. The summed E-state index contributed by atoms with van der Waals surface area (Å²) in [5.41, 5.74) is 0. The molecule has 0 saturated carbocycles. The zero-order valence-corrected chi connectivity index (χ0v) is 17.7. The molecule has 0 atom stereocenters. The van der Waals surface area contributed by atoms with Crippen LogP contribution in [0.3, 0.4) is 0 Å². The van der Waals surface area contributed by atoms with Crippen LogP contribution in [-0.4, -0.2) is 79.2 Å². The molecule has 0 unspecified atom stereocenters.